The summed E-state index contributed by atoms with van der Waals surface area (Å²) in [7, 11) is -17.4. The summed E-state index contributed by atoms with van der Waals surface area (Å²) in [4.78, 5) is 54.3. The standard InChI is InChI=1S/C16H27N2O19P3/c19-4-6-3-7(11(22)13(24)10(6)21)35-39(29,30)37-40(31,32)36-38(27,28)33-5-8-12(23)14(25)15(34-8)18-2-1-9(20)17-16(18)26/h1-2,6-8,10-15,19,21-25H,3-5H2,(H,27,28)(H,29,30)(H,31,32)(H,17,20,26)/t6-,7+,8-,10-,11+,12-,13+,14-,15-/m1/s1. The second-order valence-corrected chi connectivity index (χ2v) is 13.3. The number of H-pyrrole nitrogens is 1. The molecule has 12 atom stereocenters. The van der Waals surface area contributed by atoms with Crippen LogP contribution in [0.5, 0.6) is 0 Å². The number of ether oxygens (including phenoxy) is 1. The molecule has 1 aromatic heterocycles. The number of nitrogens with one attached hydrogen (secondary N) is 1. The fourth-order valence-corrected chi connectivity index (χ4v) is 7.65. The van der Waals surface area contributed by atoms with Gasteiger partial charge in [-0.3, -0.25) is 23.4 Å². The molecule has 40 heavy (non-hydrogen) atoms. The maximum atomic E-state index is 12.2. The van der Waals surface area contributed by atoms with Crippen LogP contribution in [-0.2, 0) is 36.1 Å². The smallest absolute Gasteiger partial charge is 0.396 e. The van der Waals surface area contributed by atoms with Crippen molar-refractivity contribution in [2.24, 2.45) is 5.92 Å². The largest absolute Gasteiger partial charge is 0.490 e. The molecule has 10 N–H and O–H groups in total. The van der Waals surface area contributed by atoms with Crippen LogP contribution in [0.25, 0.3) is 0 Å². The predicted molar refractivity (Wildman–Crippen MR) is 123 cm³/mol. The van der Waals surface area contributed by atoms with Gasteiger partial charge in [0.05, 0.1) is 18.8 Å². The van der Waals surface area contributed by atoms with Crippen molar-refractivity contribution in [3.8, 4) is 0 Å². The molecule has 0 radical (unpaired) electrons. The first kappa shape index (κ1) is 33.3. The predicted octanol–water partition coefficient (Wildman–Crippen LogP) is -4.01. The molecule has 3 unspecified atom stereocenters. The van der Waals surface area contributed by atoms with Crippen molar-refractivity contribution in [1.82, 2.24) is 9.55 Å². The summed E-state index contributed by atoms with van der Waals surface area (Å²) in [6.07, 6.45) is -13.9. The molecule has 1 saturated carbocycles. The lowest BCUT2D eigenvalue weighted by atomic mass is 9.81. The quantitative estimate of drug-likeness (QED) is 0.103. The fraction of sp³-hybridized carbons (Fsp3) is 0.750. The zero-order valence-corrected chi connectivity index (χ0v) is 22.6. The van der Waals surface area contributed by atoms with Gasteiger partial charge in [0.25, 0.3) is 5.56 Å². The van der Waals surface area contributed by atoms with Crippen LogP contribution in [0, 0.1) is 5.92 Å². The van der Waals surface area contributed by atoms with Gasteiger partial charge >= 0.3 is 29.2 Å². The van der Waals surface area contributed by atoms with Crippen molar-refractivity contribution in [2.45, 2.75) is 55.4 Å². The van der Waals surface area contributed by atoms with E-state index in [1.807, 2.05) is 4.98 Å². The van der Waals surface area contributed by atoms with Crippen LogP contribution in [0.3, 0.4) is 0 Å². The van der Waals surface area contributed by atoms with Gasteiger partial charge in [-0.2, -0.15) is 8.62 Å². The molecule has 0 bridgehead atoms. The molecule has 2 fully saturated rings. The van der Waals surface area contributed by atoms with E-state index in [-0.39, 0.29) is 0 Å². The summed E-state index contributed by atoms with van der Waals surface area (Å²) in [6.45, 7) is -1.86. The van der Waals surface area contributed by atoms with E-state index >= 15 is 0 Å². The molecule has 1 aliphatic carbocycles. The summed E-state index contributed by atoms with van der Waals surface area (Å²) in [5.74, 6) is -1.14. The Labute approximate surface area is 222 Å². The Hall–Kier alpha value is -1.19. The van der Waals surface area contributed by atoms with Gasteiger partial charge in [-0.1, -0.05) is 0 Å². The molecule has 2 aliphatic rings. The number of phosphoric ester groups is 2. The first-order valence-corrected chi connectivity index (χ1v) is 15.6. The maximum Gasteiger partial charge on any atom is 0.490 e. The van der Waals surface area contributed by atoms with Crippen molar-refractivity contribution in [2.75, 3.05) is 13.2 Å². The number of hydrogen-bond donors (Lipinski definition) is 10. The van der Waals surface area contributed by atoms with E-state index in [0.29, 0.717) is 4.57 Å². The number of rotatable bonds is 11. The average molecular weight is 644 g/mol. The van der Waals surface area contributed by atoms with Crippen molar-refractivity contribution < 1.29 is 81.4 Å². The lowest BCUT2D eigenvalue weighted by Gasteiger charge is -2.39. The third kappa shape index (κ3) is 8.00. The van der Waals surface area contributed by atoms with Crippen molar-refractivity contribution >= 4 is 23.5 Å². The van der Waals surface area contributed by atoms with Crippen molar-refractivity contribution in [1.29, 1.82) is 0 Å². The lowest BCUT2D eigenvalue weighted by molar-refractivity contribution is -0.160. The summed E-state index contributed by atoms with van der Waals surface area (Å²) < 4.78 is 59.2. The summed E-state index contributed by atoms with van der Waals surface area (Å²) >= 11 is 0. The Kier molecular flexibility index (Phi) is 10.5. The molecule has 2 heterocycles. The minimum absolute atomic E-state index is 0.524. The Morgan fingerprint density at radius 1 is 0.900 bits per heavy atom. The normalized spacial score (nSPS) is 37.4. The zero-order chi connectivity index (χ0) is 30.2. The lowest BCUT2D eigenvalue weighted by Crippen LogP contribution is -2.54. The minimum atomic E-state index is -5.98. The fourth-order valence-electron chi connectivity index (χ4n) is 3.95. The van der Waals surface area contributed by atoms with Gasteiger partial charge < -0.3 is 50.1 Å². The Morgan fingerprint density at radius 3 is 2.12 bits per heavy atom. The molecule has 24 heteroatoms. The Balaban J connectivity index is 1.60. The van der Waals surface area contributed by atoms with E-state index in [1.54, 1.807) is 0 Å². The highest BCUT2D eigenvalue weighted by atomic mass is 31.3. The zero-order valence-electron chi connectivity index (χ0n) is 19.9. The van der Waals surface area contributed by atoms with Crippen LogP contribution in [-0.4, -0.2) is 111 Å². The van der Waals surface area contributed by atoms with Crippen LogP contribution in [0.1, 0.15) is 12.6 Å². The third-order valence-corrected chi connectivity index (χ3v) is 10.2. The molecule has 0 amide bonds. The van der Waals surface area contributed by atoms with Gasteiger partial charge in [0.1, 0.15) is 30.5 Å². The van der Waals surface area contributed by atoms with Crippen molar-refractivity contribution in [3.63, 3.8) is 0 Å². The Bertz CT molecular complexity index is 1300. The number of aliphatic hydroxyl groups excluding tert-OH is 6. The molecule has 1 aromatic rings. The van der Waals surface area contributed by atoms with Crippen LogP contribution >= 0.6 is 23.5 Å². The van der Waals surface area contributed by atoms with Crippen molar-refractivity contribution in [3.05, 3.63) is 33.1 Å². The number of hydrogen-bond acceptors (Lipinski definition) is 16. The van der Waals surface area contributed by atoms with Crippen LogP contribution in [0.15, 0.2) is 21.9 Å². The molecule has 1 aliphatic heterocycles. The van der Waals surface area contributed by atoms with E-state index in [0.717, 1.165) is 12.3 Å². The van der Waals surface area contributed by atoms with E-state index in [2.05, 4.69) is 17.7 Å². The second kappa shape index (κ2) is 12.6. The van der Waals surface area contributed by atoms with E-state index in [1.165, 1.54) is 0 Å². The van der Waals surface area contributed by atoms with E-state index < -0.39 is 109 Å². The van der Waals surface area contributed by atoms with E-state index in [4.69, 9.17) is 4.74 Å². The SMILES string of the molecule is O=c1ccn([C@@H]2O[C@H](COP(=O)(O)OP(=O)(O)OP(=O)(O)O[C@H]3C[C@H](CO)[C@@H](O)[C@H](O)[C@H]3O)[C@@H](O)[C@H]2O)c(=O)[nH]1. The van der Waals surface area contributed by atoms with Gasteiger partial charge in [-0.05, 0) is 6.42 Å². The maximum absolute atomic E-state index is 12.2. The van der Waals surface area contributed by atoms with Crippen LogP contribution in [0.2, 0.25) is 0 Å². The molecule has 1 saturated heterocycles. The van der Waals surface area contributed by atoms with Gasteiger partial charge in [0.2, 0.25) is 0 Å². The molecule has 3 rings (SSSR count). The minimum Gasteiger partial charge on any atom is -0.396 e. The number of aliphatic hydroxyl groups is 6. The highest BCUT2D eigenvalue weighted by molar-refractivity contribution is 7.66. The van der Waals surface area contributed by atoms with Gasteiger partial charge in [0, 0.05) is 24.8 Å². The Morgan fingerprint density at radius 2 is 1.52 bits per heavy atom. The van der Waals surface area contributed by atoms with E-state index in [9.17, 15) is 68.6 Å². The van der Waals surface area contributed by atoms with Gasteiger partial charge in [-0.25, -0.2) is 18.5 Å². The molecule has 21 nitrogen and oxygen atoms in total. The summed E-state index contributed by atoms with van der Waals surface area (Å²) in [5.41, 5.74) is -1.81. The van der Waals surface area contributed by atoms with Crippen LogP contribution in [0.4, 0.5) is 0 Å². The number of aromatic nitrogens is 2. The highest BCUT2D eigenvalue weighted by Crippen LogP contribution is 2.68. The molecule has 0 spiro atoms. The first-order valence-electron chi connectivity index (χ1n) is 11.1. The third-order valence-electron chi connectivity index (χ3n) is 5.88. The average Bonchev–Trinajstić information content (AvgIpc) is 3.10. The molecule has 0 aromatic carbocycles. The number of aromatic amines is 1. The molecular formula is C16H27N2O19P3. The van der Waals surface area contributed by atoms with Gasteiger partial charge in [-0.15, -0.1) is 0 Å². The summed E-state index contributed by atoms with van der Waals surface area (Å²) in [5, 5.41) is 59.0. The monoisotopic (exact) mass is 644 g/mol. The van der Waals surface area contributed by atoms with Gasteiger partial charge in [0.15, 0.2) is 6.23 Å². The number of nitrogens with zero attached hydrogens (tertiary/aromatic N) is 1. The number of phosphoric acid groups is 3. The molecule has 230 valence electrons. The summed E-state index contributed by atoms with van der Waals surface area (Å²) in [6, 6.07) is 0.900. The second-order valence-electron chi connectivity index (χ2n) is 8.72. The first-order chi connectivity index (χ1) is 18.4. The highest BCUT2D eigenvalue weighted by Gasteiger charge is 2.50. The molecular weight excluding hydrogens is 617 g/mol. The topological polar surface area (TPSA) is 334 Å². The van der Waals surface area contributed by atoms with Crippen LogP contribution < -0.4 is 11.2 Å².